The first kappa shape index (κ1) is 45.4. The topological polar surface area (TPSA) is 130 Å². The van der Waals surface area contributed by atoms with E-state index in [-0.39, 0.29) is 17.9 Å². The number of hydrogen-bond acceptors (Lipinski definition) is 8. The molecule has 63 heavy (non-hydrogen) atoms. The summed E-state index contributed by atoms with van der Waals surface area (Å²) in [5.41, 5.74) is 5.50. The first-order valence-corrected chi connectivity index (χ1v) is 24.8. The van der Waals surface area contributed by atoms with Crippen LogP contribution >= 0.6 is 15.9 Å². The van der Waals surface area contributed by atoms with Crippen LogP contribution in [-0.2, 0) is 22.4 Å². The highest BCUT2D eigenvalue weighted by atomic mass is 79.9. The van der Waals surface area contributed by atoms with Crippen molar-refractivity contribution in [2.75, 3.05) is 23.9 Å². The zero-order valence-electron chi connectivity index (χ0n) is 37.9. The van der Waals surface area contributed by atoms with Gasteiger partial charge in [-0.2, -0.15) is 10.2 Å². The van der Waals surface area contributed by atoms with Crippen molar-refractivity contribution in [3.05, 3.63) is 76.8 Å². The standard InChI is InChI=1S/C21H25N3O2.C18H22BrNO2.C8H18N2.C3H4N2/c1-14-6-9-17-18(24(14)21(25)15-7-8-15)10-11-19(23-13-3-12-22-23)20(17)26-16-4-2-5-16;1-11-5-8-14-16(20(11)18(21)12-6-7-12)10-9-15(19)17(14)22-13-3-2-4-13;1-9-7-5-3-4-6-8(7)10-2;1-2-4-5-3-1/h3,10-16H,2,4-9H2,1H3;9-13H,2-8H2,1H3;7-10H,3-6H2,1-2H3;1-3H,(H,4,5)/t14-;11-;7-,8-;/m001./s1. The first-order valence-electron chi connectivity index (χ1n) is 24.0. The summed E-state index contributed by atoms with van der Waals surface area (Å²) in [4.78, 5) is 29.7. The van der Waals surface area contributed by atoms with E-state index in [1.54, 1.807) is 18.6 Å². The number of nitrogens with one attached hydrogen (secondary N) is 3. The summed E-state index contributed by atoms with van der Waals surface area (Å²) in [6.07, 6.45) is 28.5. The minimum atomic E-state index is 0.227. The second-order valence-corrected chi connectivity index (χ2v) is 19.5. The van der Waals surface area contributed by atoms with E-state index in [4.69, 9.17) is 9.47 Å². The average molecular weight is 926 g/mol. The van der Waals surface area contributed by atoms with Crippen molar-refractivity contribution in [3.8, 4) is 17.2 Å². The Labute approximate surface area is 382 Å². The molecule has 0 spiro atoms. The molecule has 12 nitrogen and oxygen atoms in total. The van der Waals surface area contributed by atoms with Crippen LogP contribution in [0.1, 0.15) is 128 Å². The van der Waals surface area contributed by atoms with E-state index in [2.05, 4.69) is 88.0 Å². The molecule has 0 bridgehead atoms. The van der Waals surface area contributed by atoms with Crippen molar-refractivity contribution in [1.29, 1.82) is 0 Å². The number of carbonyl (C=O) groups excluding carboxylic acids is 2. The Hall–Kier alpha value is -4.20. The highest BCUT2D eigenvalue weighted by Crippen LogP contribution is 2.46. The molecule has 5 saturated carbocycles. The van der Waals surface area contributed by atoms with Crippen LogP contribution in [0.2, 0.25) is 0 Å². The van der Waals surface area contributed by atoms with Gasteiger partial charge in [0.25, 0.3) is 0 Å². The predicted octanol–water partition coefficient (Wildman–Crippen LogP) is 9.49. The fraction of sp³-hybridized carbons (Fsp3) is 0.600. The summed E-state index contributed by atoms with van der Waals surface area (Å²) in [6.45, 7) is 4.33. The van der Waals surface area contributed by atoms with E-state index in [1.807, 2.05) is 38.9 Å². The molecule has 0 saturated heterocycles. The van der Waals surface area contributed by atoms with Crippen LogP contribution in [-0.4, -0.2) is 82.3 Å². The Bertz CT molecular complexity index is 2070. The minimum absolute atomic E-state index is 0.227. The lowest BCUT2D eigenvalue weighted by Crippen LogP contribution is -2.47. The smallest absolute Gasteiger partial charge is 0.230 e. The van der Waals surface area contributed by atoms with Gasteiger partial charge in [0.2, 0.25) is 11.8 Å². The third kappa shape index (κ3) is 10.8. The van der Waals surface area contributed by atoms with Gasteiger partial charge in [-0.05, 0) is 183 Å². The maximum Gasteiger partial charge on any atom is 0.230 e. The molecule has 3 N–H and O–H groups in total. The first-order chi connectivity index (χ1) is 30.7. The van der Waals surface area contributed by atoms with Crippen LogP contribution in [0.15, 0.2) is 65.7 Å². The minimum Gasteiger partial charge on any atom is -0.489 e. The van der Waals surface area contributed by atoms with E-state index in [1.165, 1.54) is 49.7 Å². The van der Waals surface area contributed by atoms with Crippen molar-refractivity contribution < 1.29 is 19.1 Å². The molecular formula is C50H69BrN8O4. The maximum absolute atomic E-state index is 12.9. The van der Waals surface area contributed by atoms with Crippen molar-refractivity contribution in [2.24, 2.45) is 11.8 Å². The number of likely N-dealkylation sites (N-methyl/N-ethyl adjacent to an activating group) is 2. The normalized spacial score (nSPS) is 24.0. The number of amides is 2. The van der Waals surface area contributed by atoms with Crippen LogP contribution in [0.25, 0.3) is 5.69 Å². The fourth-order valence-corrected chi connectivity index (χ4v) is 9.96. The van der Waals surface area contributed by atoms with Crippen LogP contribution in [0.5, 0.6) is 11.5 Å². The number of aromatic nitrogens is 4. The SMILES string of the molecule is CN[C@@H]1CCCC[C@H]1NC.C[C@H]1CCc2c(ccc(-n3cccn3)c2OC2CCC2)N1C(=O)C1CC1.C[C@H]1CCc2c(ccc(Br)c2OC2CCC2)N1C(=O)C1CC1.c1cn[nH]c1. The number of H-pyrrole nitrogens is 1. The highest BCUT2D eigenvalue weighted by molar-refractivity contribution is 9.10. The van der Waals surface area contributed by atoms with E-state index >= 15 is 0 Å². The fourth-order valence-electron chi connectivity index (χ4n) is 9.49. The largest absolute Gasteiger partial charge is 0.489 e. The summed E-state index contributed by atoms with van der Waals surface area (Å²) < 4.78 is 15.6. The number of rotatable bonds is 9. The predicted molar refractivity (Wildman–Crippen MR) is 253 cm³/mol. The number of benzene rings is 2. The van der Waals surface area contributed by atoms with E-state index < -0.39 is 0 Å². The van der Waals surface area contributed by atoms with Crippen LogP contribution < -0.4 is 29.9 Å². The van der Waals surface area contributed by atoms with Crippen LogP contribution in [0.3, 0.4) is 0 Å². The molecule has 5 fully saturated rings. The van der Waals surface area contributed by atoms with Gasteiger partial charge in [0.15, 0.2) is 5.75 Å². The number of carbonyl (C=O) groups is 2. The number of nitrogens with zero attached hydrogens (tertiary/aromatic N) is 5. The van der Waals surface area contributed by atoms with Crippen LogP contribution in [0, 0.1) is 11.8 Å². The molecule has 4 aromatic rings. The Morgan fingerprint density at radius 1 is 0.651 bits per heavy atom. The summed E-state index contributed by atoms with van der Waals surface area (Å²) in [5, 5.41) is 17.3. The van der Waals surface area contributed by atoms with Gasteiger partial charge in [0, 0.05) is 71.9 Å². The molecule has 2 amide bonds. The van der Waals surface area contributed by atoms with Gasteiger partial charge in [-0.1, -0.05) is 12.8 Å². The van der Waals surface area contributed by atoms with Crippen LogP contribution in [0.4, 0.5) is 11.4 Å². The van der Waals surface area contributed by atoms with Gasteiger partial charge in [-0.15, -0.1) is 0 Å². The summed E-state index contributed by atoms with van der Waals surface area (Å²) >= 11 is 3.64. The Morgan fingerprint density at radius 3 is 1.60 bits per heavy atom. The number of anilines is 2. The second kappa shape index (κ2) is 21.2. The maximum atomic E-state index is 12.9. The van der Waals surface area contributed by atoms with Gasteiger partial charge < -0.3 is 29.9 Å². The molecule has 7 aliphatic rings. The molecule has 340 valence electrons. The Kier molecular flexibility index (Phi) is 15.3. The van der Waals surface area contributed by atoms with E-state index in [0.29, 0.717) is 42.1 Å². The number of aromatic amines is 1. The highest BCUT2D eigenvalue weighted by Gasteiger charge is 2.41. The van der Waals surface area contributed by atoms with Crippen molar-refractivity contribution >= 4 is 39.1 Å². The van der Waals surface area contributed by atoms with Gasteiger partial charge >= 0.3 is 0 Å². The van der Waals surface area contributed by atoms with E-state index in [9.17, 15) is 9.59 Å². The molecule has 2 aliphatic heterocycles. The molecule has 2 aromatic carbocycles. The van der Waals surface area contributed by atoms with Gasteiger partial charge in [0.1, 0.15) is 11.4 Å². The molecule has 13 heteroatoms. The molecule has 2 aromatic heterocycles. The molecule has 11 rings (SSSR count). The zero-order valence-corrected chi connectivity index (χ0v) is 39.5. The van der Waals surface area contributed by atoms with Gasteiger partial charge in [-0.3, -0.25) is 14.7 Å². The molecule has 0 radical (unpaired) electrons. The van der Waals surface area contributed by atoms with Crippen molar-refractivity contribution in [2.45, 2.75) is 166 Å². The second-order valence-electron chi connectivity index (χ2n) is 18.7. The lowest BCUT2D eigenvalue weighted by atomic mass is 9.91. The summed E-state index contributed by atoms with van der Waals surface area (Å²) in [6, 6.07) is 14.0. The molecular weight excluding hydrogens is 857 g/mol. The molecule has 4 heterocycles. The number of hydrogen-bond donors (Lipinski definition) is 3. The van der Waals surface area contributed by atoms with Crippen molar-refractivity contribution in [1.82, 2.24) is 30.6 Å². The number of halogens is 1. The van der Waals surface area contributed by atoms with Gasteiger partial charge in [-0.25, -0.2) is 4.68 Å². The van der Waals surface area contributed by atoms with E-state index in [0.717, 1.165) is 110 Å². The summed E-state index contributed by atoms with van der Waals surface area (Å²) in [7, 11) is 4.11. The quantitative estimate of drug-likeness (QED) is 0.152. The lowest BCUT2D eigenvalue weighted by molar-refractivity contribution is -0.121. The van der Waals surface area contributed by atoms with Crippen molar-refractivity contribution in [3.63, 3.8) is 0 Å². The molecule has 5 aliphatic carbocycles. The zero-order chi connectivity index (χ0) is 43.9. The average Bonchev–Trinajstić information content (AvgIpc) is 4.18. The Morgan fingerprint density at radius 2 is 1.17 bits per heavy atom. The number of fused-ring (bicyclic) bond motifs is 2. The third-order valence-corrected chi connectivity index (χ3v) is 14.7. The summed E-state index contributed by atoms with van der Waals surface area (Å²) in [5.74, 6) is 2.99. The molecule has 0 unspecified atom stereocenters. The lowest BCUT2D eigenvalue weighted by Gasteiger charge is -2.38. The Balaban J connectivity index is 0.000000132. The number of ether oxygens (including phenoxy) is 2. The van der Waals surface area contributed by atoms with Gasteiger partial charge in [0.05, 0.1) is 28.1 Å². The molecule has 4 atom stereocenters. The monoisotopic (exact) mass is 924 g/mol. The third-order valence-electron chi connectivity index (χ3n) is 14.1.